The predicted molar refractivity (Wildman–Crippen MR) is 121 cm³/mol. The van der Waals surface area contributed by atoms with Gasteiger partial charge in [0.2, 0.25) is 0 Å². The van der Waals surface area contributed by atoms with E-state index in [1.807, 2.05) is 19.1 Å². The molecule has 0 bridgehead atoms. The summed E-state index contributed by atoms with van der Waals surface area (Å²) in [5.74, 6) is 0.993. The molecule has 0 N–H and O–H groups in total. The number of rotatable bonds is 10. The van der Waals surface area contributed by atoms with E-state index >= 15 is 0 Å². The summed E-state index contributed by atoms with van der Waals surface area (Å²) in [6.07, 6.45) is 10.1. The number of nitrogens with zero attached hydrogens (tertiary/aromatic N) is 2. The van der Waals surface area contributed by atoms with Gasteiger partial charge in [-0.2, -0.15) is 0 Å². The number of hydrogen-bond donors (Lipinski definition) is 0. The third-order valence-electron chi connectivity index (χ3n) is 5.69. The van der Waals surface area contributed by atoms with E-state index in [0.29, 0.717) is 18.1 Å². The van der Waals surface area contributed by atoms with Crippen molar-refractivity contribution in [1.29, 1.82) is 0 Å². The summed E-state index contributed by atoms with van der Waals surface area (Å²) in [6, 6.07) is 8.25. The fourth-order valence-electron chi connectivity index (χ4n) is 3.57. The van der Waals surface area contributed by atoms with Crippen molar-refractivity contribution in [2.24, 2.45) is 11.8 Å². The monoisotopic (exact) mass is 442 g/mol. The topological polar surface area (TPSA) is 86.2 Å². The van der Waals surface area contributed by atoms with Crippen molar-refractivity contribution in [2.45, 2.75) is 52.1 Å². The first-order valence-corrected chi connectivity index (χ1v) is 12.6. The molecule has 2 atom stereocenters. The lowest BCUT2D eigenvalue weighted by Crippen LogP contribution is -2.25. The van der Waals surface area contributed by atoms with Crippen molar-refractivity contribution in [3.05, 3.63) is 65.1 Å². The smallest absolute Gasteiger partial charge is 0.200 e. The maximum Gasteiger partial charge on any atom is 0.200 e. The third kappa shape index (κ3) is 6.72. The lowest BCUT2D eigenvalue weighted by Gasteiger charge is -2.34. The van der Waals surface area contributed by atoms with Crippen LogP contribution in [0, 0.1) is 18.8 Å². The molecule has 1 heterocycles. The molecule has 0 amide bonds. The number of ether oxygens (including phenoxy) is 1. The first-order valence-electron chi connectivity index (χ1n) is 10.7. The molecule has 0 aliphatic heterocycles. The first-order chi connectivity index (χ1) is 14.7. The first kappa shape index (κ1) is 23.1. The molecule has 1 aliphatic carbocycles. The van der Waals surface area contributed by atoms with Crippen LogP contribution in [-0.4, -0.2) is 30.4 Å². The van der Waals surface area contributed by atoms with Gasteiger partial charge >= 0.3 is 0 Å². The minimum Gasteiger partial charge on any atom is -0.482 e. The Labute approximate surface area is 184 Å². The molecule has 1 saturated carbocycles. The fraction of sp³-hybridized carbons (Fsp3) is 0.458. The molecule has 2 aromatic rings. The summed E-state index contributed by atoms with van der Waals surface area (Å²) < 4.78 is 28.7. The molecular weight excluding hydrogens is 412 g/mol. The highest BCUT2D eigenvalue weighted by molar-refractivity contribution is 7.93. The van der Waals surface area contributed by atoms with Crippen LogP contribution in [0.2, 0.25) is 0 Å². The summed E-state index contributed by atoms with van der Waals surface area (Å²) >= 11 is 0. The summed E-state index contributed by atoms with van der Waals surface area (Å²) in [6.45, 7) is 3.97. The summed E-state index contributed by atoms with van der Waals surface area (Å²) in [7, 11) is -3.16. The molecule has 1 aliphatic rings. The van der Waals surface area contributed by atoms with Crippen LogP contribution in [-0.2, 0) is 9.84 Å². The van der Waals surface area contributed by atoms with Crippen molar-refractivity contribution in [1.82, 2.24) is 9.97 Å². The van der Waals surface area contributed by atoms with Crippen molar-refractivity contribution in [3.63, 3.8) is 0 Å². The Morgan fingerprint density at radius 2 is 1.90 bits per heavy atom. The molecule has 7 heteroatoms. The quantitative estimate of drug-likeness (QED) is 0.488. The summed E-state index contributed by atoms with van der Waals surface area (Å²) in [5.41, 5.74) is 2.38. The SMILES string of the molecule is Cc1ccccc1[C@H](Oc1cnc(C(=O)CC[C@H](C)/C=C/S(C)(=O)=O)nc1)C1CCC1. The van der Waals surface area contributed by atoms with Gasteiger partial charge in [0.25, 0.3) is 0 Å². The Hall–Kier alpha value is -2.54. The van der Waals surface area contributed by atoms with Crippen LogP contribution >= 0.6 is 0 Å². The van der Waals surface area contributed by atoms with E-state index in [9.17, 15) is 13.2 Å². The number of benzene rings is 1. The van der Waals surface area contributed by atoms with Crippen LogP contribution in [0.4, 0.5) is 0 Å². The highest BCUT2D eigenvalue weighted by Gasteiger charge is 2.31. The lowest BCUT2D eigenvalue weighted by atomic mass is 9.78. The number of carbonyl (C=O) groups excluding carboxylic acids is 1. The second-order valence-corrected chi connectivity index (χ2v) is 10.4. The van der Waals surface area contributed by atoms with Crippen molar-refractivity contribution >= 4 is 15.6 Å². The number of ketones is 1. The van der Waals surface area contributed by atoms with E-state index in [1.165, 1.54) is 23.0 Å². The highest BCUT2D eigenvalue weighted by atomic mass is 32.2. The van der Waals surface area contributed by atoms with Crippen LogP contribution in [0.3, 0.4) is 0 Å². The molecule has 6 nitrogen and oxygen atoms in total. The normalized spacial score (nSPS) is 16.6. The van der Waals surface area contributed by atoms with E-state index in [4.69, 9.17) is 4.74 Å². The molecule has 0 radical (unpaired) electrons. The van der Waals surface area contributed by atoms with Crippen LogP contribution in [0.1, 0.15) is 66.9 Å². The van der Waals surface area contributed by atoms with E-state index < -0.39 is 9.84 Å². The zero-order chi connectivity index (χ0) is 22.4. The fourth-order valence-corrected chi connectivity index (χ4v) is 4.13. The van der Waals surface area contributed by atoms with Gasteiger partial charge in [-0.3, -0.25) is 4.79 Å². The van der Waals surface area contributed by atoms with Crippen LogP contribution in [0.25, 0.3) is 0 Å². The van der Waals surface area contributed by atoms with Gasteiger partial charge < -0.3 is 4.74 Å². The zero-order valence-electron chi connectivity index (χ0n) is 18.3. The predicted octanol–water partition coefficient (Wildman–Crippen LogP) is 4.86. The average molecular weight is 443 g/mol. The number of carbonyl (C=O) groups is 1. The molecule has 0 spiro atoms. The number of allylic oxidation sites excluding steroid dienone is 1. The number of aromatic nitrogens is 2. The van der Waals surface area contributed by atoms with Gasteiger partial charge in [-0.25, -0.2) is 18.4 Å². The largest absolute Gasteiger partial charge is 0.482 e. The standard InChI is InChI=1S/C24H30N2O4S/c1-17(13-14-31(3,28)29)11-12-22(27)24-25-15-20(16-26-24)30-23(19-8-6-9-19)21-10-5-4-7-18(21)2/h4-5,7,10,13-17,19,23H,6,8-9,11-12H2,1-3H3/b14-13+/t17-,23+/m0/s1. The van der Waals surface area contributed by atoms with Crippen molar-refractivity contribution < 1.29 is 17.9 Å². The Balaban J connectivity index is 1.61. The number of Topliss-reactive ketones (excluding diaryl/α,β-unsaturated/α-hetero) is 1. The molecule has 1 aromatic heterocycles. The van der Waals surface area contributed by atoms with Crippen LogP contribution < -0.4 is 4.74 Å². The third-order valence-corrected chi connectivity index (χ3v) is 6.35. The Bertz CT molecular complexity index is 1030. The number of aryl methyl sites for hydroxylation is 1. The molecule has 166 valence electrons. The van der Waals surface area contributed by atoms with Gasteiger partial charge in [0.05, 0.1) is 12.4 Å². The molecule has 1 fully saturated rings. The van der Waals surface area contributed by atoms with Gasteiger partial charge in [-0.1, -0.05) is 43.7 Å². The number of sulfone groups is 1. The lowest BCUT2D eigenvalue weighted by molar-refractivity contribution is 0.0824. The minimum atomic E-state index is -3.16. The molecule has 31 heavy (non-hydrogen) atoms. The van der Waals surface area contributed by atoms with E-state index in [1.54, 1.807) is 18.5 Å². The molecule has 0 saturated heterocycles. The van der Waals surface area contributed by atoms with E-state index in [2.05, 4.69) is 29.0 Å². The molecule has 0 unspecified atom stereocenters. The highest BCUT2D eigenvalue weighted by Crippen LogP contribution is 2.41. The summed E-state index contributed by atoms with van der Waals surface area (Å²) in [4.78, 5) is 20.8. The van der Waals surface area contributed by atoms with Crippen molar-refractivity contribution in [3.8, 4) is 5.75 Å². The second kappa shape index (κ2) is 10.2. The van der Waals surface area contributed by atoms with Crippen LogP contribution in [0.5, 0.6) is 5.75 Å². The Kier molecular flexibility index (Phi) is 7.59. The van der Waals surface area contributed by atoms with Gasteiger partial charge in [-0.05, 0) is 43.2 Å². The molecule has 1 aromatic carbocycles. The maximum atomic E-state index is 12.4. The van der Waals surface area contributed by atoms with Gasteiger partial charge in [0.1, 0.15) is 6.10 Å². The van der Waals surface area contributed by atoms with E-state index in [-0.39, 0.29) is 30.1 Å². The van der Waals surface area contributed by atoms with Gasteiger partial charge in [-0.15, -0.1) is 0 Å². The zero-order valence-corrected chi connectivity index (χ0v) is 19.1. The number of hydrogen-bond acceptors (Lipinski definition) is 6. The average Bonchev–Trinajstić information content (AvgIpc) is 2.69. The van der Waals surface area contributed by atoms with Gasteiger partial charge in [0.15, 0.2) is 27.2 Å². The van der Waals surface area contributed by atoms with Crippen LogP contribution in [0.15, 0.2) is 48.1 Å². The Morgan fingerprint density at radius 3 is 2.48 bits per heavy atom. The summed E-state index contributed by atoms with van der Waals surface area (Å²) in [5, 5.41) is 1.18. The van der Waals surface area contributed by atoms with Gasteiger partial charge in [0, 0.05) is 24.0 Å². The molecule has 3 rings (SSSR count). The second-order valence-electron chi connectivity index (χ2n) is 8.43. The van der Waals surface area contributed by atoms with Crippen molar-refractivity contribution in [2.75, 3.05) is 6.26 Å². The maximum absolute atomic E-state index is 12.4. The minimum absolute atomic E-state index is 0.0290. The van der Waals surface area contributed by atoms with E-state index in [0.717, 1.165) is 19.1 Å². The Morgan fingerprint density at radius 1 is 1.23 bits per heavy atom. The molecular formula is C24H30N2O4S.